The van der Waals surface area contributed by atoms with E-state index in [4.69, 9.17) is 0 Å². The minimum absolute atomic E-state index is 0.201. The predicted molar refractivity (Wildman–Crippen MR) is 99.4 cm³/mol. The molecular formula is C18H22BrNSi. The quantitative estimate of drug-likeness (QED) is 0.642. The highest BCUT2D eigenvalue weighted by molar-refractivity contribution is 9.10. The molecule has 1 nitrogen and oxygen atoms in total. The molecular weight excluding hydrogens is 338 g/mol. The molecule has 0 heterocycles. The molecule has 0 bridgehead atoms. The highest BCUT2D eigenvalue weighted by atomic mass is 79.9. The molecule has 1 atom stereocenters. The van der Waals surface area contributed by atoms with Crippen molar-refractivity contribution in [1.29, 1.82) is 0 Å². The lowest BCUT2D eigenvalue weighted by molar-refractivity contribution is 0.985. The van der Waals surface area contributed by atoms with Gasteiger partial charge in [0.25, 0.3) is 0 Å². The molecule has 2 aromatic rings. The van der Waals surface area contributed by atoms with Crippen molar-refractivity contribution in [3.05, 3.63) is 76.4 Å². The molecule has 0 aromatic heterocycles. The van der Waals surface area contributed by atoms with Gasteiger partial charge in [-0.3, -0.25) is 0 Å². The third-order valence-electron chi connectivity index (χ3n) is 3.11. The standard InChI is InChI=1S/C18H22BrNSi/c1-21(2,3)14-13-18(15-9-11-16(19)12-10-15)20-17-7-5-4-6-8-17/h4-14,18,20H,1-3H3/b14-13+. The van der Waals surface area contributed by atoms with Crippen LogP contribution in [0.25, 0.3) is 0 Å². The van der Waals surface area contributed by atoms with Crippen LogP contribution in [0.2, 0.25) is 19.6 Å². The average molecular weight is 360 g/mol. The molecule has 2 aromatic carbocycles. The van der Waals surface area contributed by atoms with Crippen LogP contribution in [0.3, 0.4) is 0 Å². The largest absolute Gasteiger partial charge is 0.375 e. The van der Waals surface area contributed by atoms with Crippen molar-refractivity contribution >= 4 is 29.7 Å². The van der Waals surface area contributed by atoms with Crippen LogP contribution in [0, 0.1) is 0 Å². The van der Waals surface area contributed by atoms with Gasteiger partial charge in [0.1, 0.15) is 0 Å². The Balaban J connectivity index is 2.26. The second kappa shape index (κ2) is 7.10. The van der Waals surface area contributed by atoms with Crippen LogP contribution in [0.1, 0.15) is 11.6 Å². The first kappa shape index (κ1) is 16.1. The highest BCUT2D eigenvalue weighted by Gasteiger charge is 2.12. The molecule has 110 valence electrons. The predicted octanol–water partition coefficient (Wildman–Crippen LogP) is 6.04. The Morgan fingerprint density at radius 2 is 1.57 bits per heavy atom. The van der Waals surface area contributed by atoms with E-state index in [2.05, 4.69) is 101 Å². The molecule has 1 unspecified atom stereocenters. The number of hydrogen-bond donors (Lipinski definition) is 1. The topological polar surface area (TPSA) is 12.0 Å². The Morgan fingerprint density at radius 3 is 2.14 bits per heavy atom. The Labute approximate surface area is 137 Å². The lowest BCUT2D eigenvalue weighted by Gasteiger charge is -2.19. The second-order valence-electron chi connectivity index (χ2n) is 6.26. The van der Waals surface area contributed by atoms with Crippen LogP contribution in [0.5, 0.6) is 0 Å². The van der Waals surface area contributed by atoms with E-state index in [1.807, 2.05) is 6.07 Å². The first-order valence-electron chi connectivity index (χ1n) is 7.20. The first-order valence-corrected chi connectivity index (χ1v) is 11.6. The molecule has 21 heavy (non-hydrogen) atoms. The molecule has 0 aliphatic heterocycles. The fraction of sp³-hybridized carbons (Fsp3) is 0.222. The van der Waals surface area contributed by atoms with Gasteiger partial charge in [-0.15, -0.1) is 0 Å². The number of benzene rings is 2. The van der Waals surface area contributed by atoms with Gasteiger partial charge >= 0.3 is 0 Å². The summed E-state index contributed by atoms with van der Waals surface area (Å²) in [5, 5.41) is 3.61. The molecule has 0 amide bonds. The van der Waals surface area contributed by atoms with E-state index in [1.54, 1.807) is 0 Å². The number of rotatable bonds is 5. The van der Waals surface area contributed by atoms with Crippen molar-refractivity contribution in [2.45, 2.75) is 25.7 Å². The van der Waals surface area contributed by atoms with Gasteiger partial charge in [0.05, 0.1) is 14.1 Å². The zero-order valence-corrected chi connectivity index (χ0v) is 15.4. The smallest absolute Gasteiger partial charge is 0.0694 e. The molecule has 0 fully saturated rings. The maximum absolute atomic E-state index is 3.61. The zero-order chi connectivity index (χ0) is 15.3. The van der Waals surface area contributed by atoms with Crippen LogP contribution in [0.15, 0.2) is 70.8 Å². The van der Waals surface area contributed by atoms with Gasteiger partial charge in [-0.1, -0.05) is 77.7 Å². The summed E-state index contributed by atoms with van der Waals surface area (Å²) in [5.74, 6) is 0. The van der Waals surface area contributed by atoms with E-state index in [1.165, 1.54) is 5.56 Å². The summed E-state index contributed by atoms with van der Waals surface area (Å²) in [6.45, 7) is 7.06. The van der Waals surface area contributed by atoms with Gasteiger partial charge in [0, 0.05) is 10.2 Å². The molecule has 3 heteroatoms. The lowest BCUT2D eigenvalue weighted by Crippen LogP contribution is -2.17. The summed E-state index contributed by atoms with van der Waals surface area (Å²) in [5.41, 5.74) is 4.82. The Kier molecular flexibility index (Phi) is 5.43. The highest BCUT2D eigenvalue weighted by Crippen LogP contribution is 2.23. The van der Waals surface area contributed by atoms with Crippen molar-refractivity contribution in [2.75, 3.05) is 5.32 Å². The number of hydrogen-bond acceptors (Lipinski definition) is 1. The minimum Gasteiger partial charge on any atom is -0.375 e. The number of halogens is 1. The Morgan fingerprint density at radius 1 is 0.952 bits per heavy atom. The van der Waals surface area contributed by atoms with Gasteiger partial charge in [0.15, 0.2) is 0 Å². The van der Waals surface area contributed by atoms with Gasteiger partial charge in [0.2, 0.25) is 0 Å². The van der Waals surface area contributed by atoms with Crippen LogP contribution in [-0.4, -0.2) is 8.07 Å². The SMILES string of the molecule is C[Si](C)(C)/C=C/C(Nc1ccccc1)c1ccc(Br)cc1. The summed E-state index contributed by atoms with van der Waals surface area (Å²) >= 11 is 3.50. The molecule has 0 spiro atoms. The van der Waals surface area contributed by atoms with Crippen molar-refractivity contribution in [2.24, 2.45) is 0 Å². The normalized spacial score (nSPS) is 13.3. The number of para-hydroxylation sites is 1. The van der Waals surface area contributed by atoms with Crippen LogP contribution in [-0.2, 0) is 0 Å². The maximum Gasteiger partial charge on any atom is 0.0694 e. The third-order valence-corrected chi connectivity index (χ3v) is 4.83. The minimum atomic E-state index is -1.21. The van der Waals surface area contributed by atoms with Gasteiger partial charge < -0.3 is 5.32 Å². The summed E-state index contributed by atoms with van der Waals surface area (Å²) in [6.07, 6.45) is 2.31. The lowest BCUT2D eigenvalue weighted by atomic mass is 10.1. The fourth-order valence-electron chi connectivity index (χ4n) is 2.01. The van der Waals surface area contributed by atoms with Crippen molar-refractivity contribution in [3.63, 3.8) is 0 Å². The number of anilines is 1. The van der Waals surface area contributed by atoms with E-state index < -0.39 is 8.07 Å². The van der Waals surface area contributed by atoms with Crippen molar-refractivity contribution in [1.82, 2.24) is 0 Å². The Bertz CT molecular complexity index is 585. The second-order valence-corrected chi connectivity index (χ2v) is 12.2. The summed E-state index contributed by atoms with van der Waals surface area (Å²) in [4.78, 5) is 0. The summed E-state index contributed by atoms with van der Waals surface area (Å²) < 4.78 is 1.11. The van der Waals surface area contributed by atoms with E-state index in [9.17, 15) is 0 Å². The fourth-order valence-corrected chi connectivity index (χ4v) is 3.05. The van der Waals surface area contributed by atoms with Gasteiger partial charge in [-0.2, -0.15) is 0 Å². The molecule has 0 radical (unpaired) electrons. The molecule has 0 aliphatic rings. The average Bonchev–Trinajstić information content (AvgIpc) is 2.45. The molecule has 0 saturated heterocycles. The van der Waals surface area contributed by atoms with Gasteiger partial charge in [-0.25, -0.2) is 0 Å². The molecule has 0 aliphatic carbocycles. The van der Waals surface area contributed by atoms with E-state index in [0.29, 0.717) is 0 Å². The van der Waals surface area contributed by atoms with Crippen LogP contribution in [0.4, 0.5) is 5.69 Å². The molecule has 0 saturated carbocycles. The van der Waals surface area contributed by atoms with Crippen molar-refractivity contribution in [3.8, 4) is 0 Å². The summed E-state index contributed by atoms with van der Waals surface area (Å²) in [7, 11) is -1.21. The zero-order valence-electron chi connectivity index (χ0n) is 12.8. The van der Waals surface area contributed by atoms with Gasteiger partial charge in [-0.05, 0) is 29.8 Å². The van der Waals surface area contributed by atoms with E-state index in [-0.39, 0.29) is 6.04 Å². The van der Waals surface area contributed by atoms with Crippen molar-refractivity contribution < 1.29 is 0 Å². The van der Waals surface area contributed by atoms with E-state index >= 15 is 0 Å². The monoisotopic (exact) mass is 359 g/mol. The maximum atomic E-state index is 3.61. The third kappa shape index (κ3) is 5.52. The molecule has 2 rings (SSSR count). The van der Waals surface area contributed by atoms with Crippen LogP contribution >= 0.6 is 15.9 Å². The van der Waals surface area contributed by atoms with E-state index in [0.717, 1.165) is 10.2 Å². The molecule has 1 N–H and O–H groups in total. The Hall–Kier alpha value is -1.32. The summed E-state index contributed by atoms with van der Waals surface area (Å²) in [6, 6.07) is 19.1. The first-order chi connectivity index (χ1) is 9.94. The van der Waals surface area contributed by atoms with Crippen LogP contribution < -0.4 is 5.32 Å². The number of nitrogens with one attached hydrogen (secondary N) is 1.